The van der Waals surface area contributed by atoms with E-state index in [0.29, 0.717) is 5.69 Å². The van der Waals surface area contributed by atoms with Gasteiger partial charge in [0.2, 0.25) is 0 Å². The van der Waals surface area contributed by atoms with Crippen LogP contribution in [-0.2, 0) is 4.79 Å². The lowest BCUT2D eigenvalue weighted by Gasteiger charge is -2.15. The zero-order valence-corrected chi connectivity index (χ0v) is 13.7. The number of carboxylic acid groups (broad SMARTS) is 1. The van der Waals surface area contributed by atoms with Crippen molar-refractivity contribution in [2.45, 2.75) is 0 Å². The van der Waals surface area contributed by atoms with Gasteiger partial charge in [0.05, 0.1) is 16.6 Å². The number of thiocarbonyl (C=S) groups is 1. The molecule has 1 aliphatic heterocycles. The summed E-state index contributed by atoms with van der Waals surface area (Å²) in [6, 6.07) is 11.8. The molecule has 0 radical (unpaired) electrons. The third-order valence-electron chi connectivity index (χ3n) is 3.33. The van der Waals surface area contributed by atoms with Crippen LogP contribution in [0.3, 0.4) is 0 Å². The lowest BCUT2D eigenvalue weighted by molar-refractivity contribution is -0.255. The van der Waals surface area contributed by atoms with E-state index in [1.807, 2.05) is 0 Å². The number of aromatic carboxylic acids is 1. The summed E-state index contributed by atoms with van der Waals surface area (Å²) < 4.78 is 14.0. The summed E-state index contributed by atoms with van der Waals surface area (Å²) in [5, 5.41) is 11.0. The number of carbonyl (C=O) groups is 2. The normalized spacial score (nSPS) is 16.0. The highest BCUT2D eigenvalue weighted by molar-refractivity contribution is 8.27. The van der Waals surface area contributed by atoms with Crippen molar-refractivity contribution in [3.8, 4) is 0 Å². The van der Waals surface area contributed by atoms with Crippen LogP contribution in [-0.4, -0.2) is 16.2 Å². The van der Waals surface area contributed by atoms with Crippen molar-refractivity contribution < 1.29 is 19.1 Å². The van der Waals surface area contributed by atoms with Gasteiger partial charge in [0.1, 0.15) is 5.82 Å². The first-order chi connectivity index (χ1) is 11.5. The molecule has 1 heterocycles. The Hall–Kier alpha value is -2.51. The molecule has 0 saturated carbocycles. The van der Waals surface area contributed by atoms with Crippen LogP contribution in [0, 0.1) is 5.82 Å². The van der Waals surface area contributed by atoms with Gasteiger partial charge in [-0.15, -0.1) is 0 Å². The van der Waals surface area contributed by atoms with Crippen molar-refractivity contribution in [1.29, 1.82) is 0 Å². The van der Waals surface area contributed by atoms with Crippen molar-refractivity contribution in [2.75, 3.05) is 4.90 Å². The Labute approximate surface area is 146 Å². The predicted molar refractivity (Wildman–Crippen MR) is 92.8 cm³/mol. The summed E-state index contributed by atoms with van der Waals surface area (Å²) in [5.41, 5.74) is 0.553. The second-order valence-corrected chi connectivity index (χ2v) is 6.55. The average Bonchev–Trinajstić information content (AvgIpc) is 2.83. The van der Waals surface area contributed by atoms with E-state index in [4.69, 9.17) is 12.2 Å². The molecule has 0 aromatic heterocycles. The Bertz CT molecular complexity index is 895. The number of halogens is 1. The molecule has 0 unspecified atom stereocenters. The summed E-state index contributed by atoms with van der Waals surface area (Å²) >= 11 is 6.24. The van der Waals surface area contributed by atoms with Crippen LogP contribution in [0.2, 0.25) is 0 Å². The molecule has 7 heteroatoms. The standard InChI is InChI=1S/C17H10FNO3S2/c18-13-7-2-1-4-10(13)9-14-15(20)19(17(23)24-14)12-6-3-5-11(8-12)16(21)22/h1-9H,(H,21,22)/p-1. The maximum absolute atomic E-state index is 13.7. The molecule has 0 N–H and O–H groups in total. The van der Waals surface area contributed by atoms with E-state index < -0.39 is 17.7 Å². The molecule has 2 aromatic carbocycles. The van der Waals surface area contributed by atoms with Gasteiger partial charge < -0.3 is 9.90 Å². The largest absolute Gasteiger partial charge is 0.545 e. The number of hydrogen-bond acceptors (Lipinski definition) is 5. The average molecular weight is 358 g/mol. The molecule has 1 fully saturated rings. The molecule has 1 amide bonds. The zero-order chi connectivity index (χ0) is 17.3. The first kappa shape index (κ1) is 16.4. The third-order valence-corrected chi connectivity index (χ3v) is 4.63. The molecule has 1 aliphatic rings. The number of benzene rings is 2. The summed E-state index contributed by atoms with van der Waals surface area (Å²) in [6.45, 7) is 0. The van der Waals surface area contributed by atoms with Crippen LogP contribution >= 0.6 is 24.0 Å². The lowest BCUT2D eigenvalue weighted by Crippen LogP contribution is -2.28. The SMILES string of the molecule is O=C([O-])c1cccc(N2C(=O)C(=Cc3ccccc3F)SC2=S)c1. The van der Waals surface area contributed by atoms with Gasteiger partial charge >= 0.3 is 0 Å². The number of thioether (sulfide) groups is 1. The van der Waals surface area contributed by atoms with E-state index in [9.17, 15) is 19.1 Å². The van der Waals surface area contributed by atoms with E-state index >= 15 is 0 Å². The Morgan fingerprint density at radius 1 is 1.21 bits per heavy atom. The summed E-state index contributed by atoms with van der Waals surface area (Å²) in [7, 11) is 0. The van der Waals surface area contributed by atoms with E-state index in [1.54, 1.807) is 24.3 Å². The summed E-state index contributed by atoms with van der Waals surface area (Å²) in [5.74, 6) is -2.21. The van der Waals surface area contributed by atoms with Crippen LogP contribution in [0.1, 0.15) is 15.9 Å². The second-order valence-electron chi connectivity index (χ2n) is 4.88. The minimum Gasteiger partial charge on any atom is -0.545 e. The molecular weight excluding hydrogens is 349 g/mol. The van der Waals surface area contributed by atoms with Gasteiger partial charge in [-0.25, -0.2) is 4.39 Å². The fourth-order valence-electron chi connectivity index (χ4n) is 2.20. The third kappa shape index (κ3) is 3.08. The Morgan fingerprint density at radius 3 is 2.67 bits per heavy atom. The number of carboxylic acids is 1. The molecule has 0 bridgehead atoms. The summed E-state index contributed by atoms with van der Waals surface area (Å²) in [6.07, 6.45) is 1.43. The van der Waals surface area contributed by atoms with Gasteiger partial charge in [0, 0.05) is 5.56 Å². The quantitative estimate of drug-likeness (QED) is 0.623. The fourth-order valence-corrected chi connectivity index (χ4v) is 3.49. The van der Waals surface area contributed by atoms with Gasteiger partial charge in [-0.1, -0.05) is 54.3 Å². The molecule has 3 rings (SSSR count). The highest BCUT2D eigenvalue weighted by Crippen LogP contribution is 2.36. The van der Waals surface area contributed by atoms with Gasteiger partial charge in [0.15, 0.2) is 4.32 Å². The highest BCUT2D eigenvalue weighted by Gasteiger charge is 2.33. The van der Waals surface area contributed by atoms with E-state index in [1.165, 1.54) is 35.2 Å². The Morgan fingerprint density at radius 2 is 1.96 bits per heavy atom. The van der Waals surface area contributed by atoms with E-state index in [2.05, 4.69) is 0 Å². The van der Waals surface area contributed by atoms with Crippen LogP contribution in [0.4, 0.5) is 10.1 Å². The predicted octanol–water partition coefficient (Wildman–Crippen LogP) is 2.60. The lowest BCUT2D eigenvalue weighted by atomic mass is 10.1. The minimum atomic E-state index is -1.34. The molecule has 4 nitrogen and oxygen atoms in total. The van der Waals surface area contributed by atoms with Gasteiger partial charge in [-0.3, -0.25) is 9.69 Å². The van der Waals surface area contributed by atoms with Crippen molar-refractivity contribution in [3.63, 3.8) is 0 Å². The monoisotopic (exact) mass is 358 g/mol. The second kappa shape index (κ2) is 6.54. The zero-order valence-electron chi connectivity index (χ0n) is 12.1. The molecule has 1 saturated heterocycles. The smallest absolute Gasteiger partial charge is 0.270 e. The number of carbonyl (C=O) groups excluding carboxylic acids is 2. The van der Waals surface area contributed by atoms with E-state index in [-0.39, 0.29) is 20.4 Å². The maximum atomic E-state index is 13.7. The molecular formula is C17H9FNO3S2-. The van der Waals surface area contributed by atoms with Crippen LogP contribution in [0.25, 0.3) is 6.08 Å². The van der Waals surface area contributed by atoms with Crippen molar-refractivity contribution in [3.05, 3.63) is 70.4 Å². The van der Waals surface area contributed by atoms with Crippen LogP contribution in [0.15, 0.2) is 53.4 Å². The van der Waals surface area contributed by atoms with Crippen molar-refractivity contribution in [2.24, 2.45) is 0 Å². The van der Waals surface area contributed by atoms with E-state index in [0.717, 1.165) is 11.8 Å². The number of amides is 1. The van der Waals surface area contributed by atoms with Gasteiger partial charge in [0.25, 0.3) is 5.91 Å². The number of rotatable bonds is 3. The number of hydrogen-bond donors (Lipinski definition) is 0. The minimum absolute atomic E-state index is 0.0559. The number of nitrogens with zero attached hydrogens (tertiary/aromatic N) is 1. The molecule has 2 aromatic rings. The molecule has 0 spiro atoms. The van der Waals surface area contributed by atoms with Gasteiger partial charge in [-0.2, -0.15) is 0 Å². The van der Waals surface area contributed by atoms with Crippen molar-refractivity contribution in [1.82, 2.24) is 0 Å². The molecule has 0 atom stereocenters. The van der Waals surface area contributed by atoms with Crippen molar-refractivity contribution >= 4 is 51.9 Å². The Balaban J connectivity index is 1.97. The molecule has 24 heavy (non-hydrogen) atoms. The summed E-state index contributed by atoms with van der Waals surface area (Å²) in [4.78, 5) is 25.0. The molecule has 120 valence electrons. The van der Waals surface area contributed by atoms with Gasteiger partial charge in [-0.05, 0) is 29.8 Å². The van der Waals surface area contributed by atoms with Crippen LogP contribution in [0.5, 0.6) is 0 Å². The fraction of sp³-hybridized carbons (Fsp3) is 0. The van der Waals surface area contributed by atoms with Crippen LogP contribution < -0.4 is 10.0 Å². The highest BCUT2D eigenvalue weighted by atomic mass is 32.2. The first-order valence-corrected chi connectivity index (χ1v) is 8.04. The first-order valence-electron chi connectivity index (χ1n) is 6.81. The number of anilines is 1. The Kier molecular flexibility index (Phi) is 4.46. The maximum Gasteiger partial charge on any atom is 0.270 e. The topological polar surface area (TPSA) is 60.4 Å². The molecule has 0 aliphatic carbocycles.